The summed E-state index contributed by atoms with van der Waals surface area (Å²) in [5.74, 6) is 0.998. The van der Waals surface area contributed by atoms with Crippen LogP contribution < -0.4 is 5.32 Å². The van der Waals surface area contributed by atoms with Gasteiger partial charge in [-0.05, 0) is 65.0 Å². The topological polar surface area (TPSA) is 24.5 Å². The standard InChI is InChI=1S/C17H34N2O/c1-3-20-13-7-11-18-14-15(2)19-12-6-9-16-8-4-5-10-17(16)19/h15-18H,3-14H2,1-2H3/t15?,16-,17-/m1/s1. The first-order chi connectivity index (χ1) is 9.83. The summed E-state index contributed by atoms with van der Waals surface area (Å²) in [5.41, 5.74) is 0. The predicted octanol–water partition coefficient (Wildman–Crippen LogP) is 3.05. The Morgan fingerprint density at radius 2 is 2.00 bits per heavy atom. The first kappa shape index (κ1) is 16.3. The summed E-state index contributed by atoms with van der Waals surface area (Å²) in [6.07, 6.45) is 9.87. The highest BCUT2D eigenvalue weighted by Gasteiger charge is 2.34. The van der Waals surface area contributed by atoms with Gasteiger partial charge in [-0.1, -0.05) is 12.8 Å². The Kier molecular flexibility index (Phi) is 7.32. The highest BCUT2D eigenvalue weighted by molar-refractivity contribution is 4.89. The lowest BCUT2D eigenvalue weighted by Gasteiger charge is -2.47. The zero-order chi connectivity index (χ0) is 14.2. The van der Waals surface area contributed by atoms with Crippen molar-refractivity contribution < 1.29 is 4.74 Å². The van der Waals surface area contributed by atoms with Crippen molar-refractivity contribution in [3.8, 4) is 0 Å². The maximum absolute atomic E-state index is 5.38. The highest BCUT2D eigenvalue weighted by atomic mass is 16.5. The molecule has 2 fully saturated rings. The second-order valence-corrected chi connectivity index (χ2v) is 6.60. The second-order valence-electron chi connectivity index (χ2n) is 6.60. The maximum Gasteiger partial charge on any atom is 0.0477 e. The van der Waals surface area contributed by atoms with E-state index < -0.39 is 0 Å². The number of hydrogen-bond acceptors (Lipinski definition) is 3. The second kappa shape index (κ2) is 9.01. The summed E-state index contributed by atoms with van der Waals surface area (Å²) in [4.78, 5) is 2.81. The van der Waals surface area contributed by atoms with E-state index >= 15 is 0 Å². The van der Waals surface area contributed by atoms with Gasteiger partial charge in [-0.3, -0.25) is 4.90 Å². The van der Waals surface area contributed by atoms with Crippen LogP contribution in [0.5, 0.6) is 0 Å². The van der Waals surface area contributed by atoms with Crippen molar-refractivity contribution in [2.75, 3.05) is 32.8 Å². The van der Waals surface area contributed by atoms with Crippen molar-refractivity contribution in [3.63, 3.8) is 0 Å². The molecular formula is C17H34N2O. The summed E-state index contributed by atoms with van der Waals surface area (Å²) in [6, 6.07) is 1.57. The average Bonchev–Trinajstić information content (AvgIpc) is 2.50. The number of nitrogens with zero attached hydrogens (tertiary/aromatic N) is 1. The van der Waals surface area contributed by atoms with E-state index in [1.54, 1.807) is 0 Å². The van der Waals surface area contributed by atoms with Gasteiger partial charge in [-0.2, -0.15) is 0 Å². The fourth-order valence-electron chi connectivity index (χ4n) is 4.08. The van der Waals surface area contributed by atoms with E-state index in [9.17, 15) is 0 Å². The van der Waals surface area contributed by atoms with Gasteiger partial charge in [0.1, 0.15) is 0 Å². The van der Waals surface area contributed by atoms with E-state index in [1.165, 1.54) is 45.1 Å². The predicted molar refractivity (Wildman–Crippen MR) is 85.1 cm³/mol. The molecule has 2 rings (SSSR count). The molecule has 1 unspecified atom stereocenters. The molecule has 1 saturated carbocycles. The molecule has 3 nitrogen and oxygen atoms in total. The first-order valence-electron chi connectivity index (χ1n) is 8.87. The summed E-state index contributed by atoms with van der Waals surface area (Å²) in [5, 5.41) is 3.62. The lowest BCUT2D eigenvalue weighted by molar-refractivity contribution is 0.0313. The van der Waals surface area contributed by atoms with Gasteiger partial charge in [0.15, 0.2) is 0 Å². The van der Waals surface area contributed by atoms with E-state index in [4.69, 9.17) is 4.74 Å². The monoisotopic (exact) mass is 282 g/mol. The Balaban J connectivity index is 1.66. The Morgan fingerprint density at radius 3 is 2.85 bits per heavy atom. The minimum atomic E-state index is 0.688. The number of fused-ring (bicyclic) bond motifs is 1. The number of hydrogen-bond donors (Lipinski definition) is 1. The quantitative estimate of drug-likeness (QED) is 0.693. The summed E-state index contributed by atoms with van der Waals surface area (Å²) < 4.78 is 5.38. The number of ether oxygens (including phenoxy) is 1. The lowest BCUT2D eigenvalue weighted by Crippen LogP contribution is -2.53. The molecule has 1 heterocycles. The highest BCUT2D eigenvalue weighted by Crippen LogP contribution is 2.36. The molecule has 0 aromatic rings. The van der Waals surface area contributed by atoms with Crippen molar-refractivity contribution in [1.29, 1.82) is 0 Å². The molecule has 0 aromatic heterocycles. The van der Waals surface area contributed by atoms with Crippen molar-refractivity contribution in [1.82, 2.24) is 10.2 Å². The molecule has 3 atom stereocenters. The van der Waals surface area contributed by atoms with E-state index in [0.717, 1.165) is 44.7 Å². The van der Waals surface area contributed by atoms with Crippen molar-refractivity contribution in [2.45, 2.75) is 70.9 Å². The zero-order valence-corrected chi connectivity index (χ0v) is 13.6. The number of likely N-dealkylation sites (tertiary alicyclic amines) is 1. The van der Waals surface area contributed by atoms with Gasteiger partial charge in [-0.15, -0.1) is 0 Å². The van der Waals surface area contributed by atoms with Gasteiger partial charge in [0, 0.05) is 31.8 Å². The number of piperidine rings is 1. The van der Waals surface area contributed by atoms with Crippen LogP contribution in [0.1, 0.15) is 58.8 Å². The van der Waals surface area contributed by atoms with E-state index in [2.05, 4.69) is 24.1 Å². The van der Waals surface area contributed by atoms with Crippen molar-refractivity contribution >= 4 is 0 Å². The Bertz CT molecular complexity index is 257. The number of rotatable bonds is 8. The molecule has 20 heavy (non-hydrogen) atoms. The smallest absolute Gasteiger partial charge is 0.0477 e. The molecule has 2 aliphatic rings. The van der Waals surface area contributed by atoms with Crippen LogP contribution in [-0.2, 0) is 4.74 Å². The third-order valence-corrected chi connectivity index (χ3v) is 5.14. The van der Waals surface area contributed by atoms with Crippen LogP contribution in [0.2, 0.25) is 0 Å². The molecule has 1 aliphatic heterocycles. The lowest BCUT2D eigenvalue weighted by atomic mass is 9.78. The van der Waals surface area contributed by atoms with Gasteiger partial charge < -0.3 is 10.1 Å². The van der Waals surface area contributed by atoms with Gasteiger partial charge in [-0.25, -0.2) is 0 Å². The molecule has 0 spiro atoms. The molecule has 0 aromatic carbocycles. The third-order valence-electron chi connectivity index (χ3n) is 5.14. The van der Waals surface area contributed by atoms with Crippen LogP contribution in [0.4, 0.5) is 0 Å². The zero-order valence-electron chi connectivity index (χ0n) is 13.6. The van der Waals surface area contributed by atoms with Crippen LogP contribution in [0, 0.1) is 5.92 Å². The Morgan fingerprint density at radius 1 is 1.20 bits per heavy atom. The van der Waals surface area contributed by atoms with E-state index in [0.29, 0.717) is 6.04 Å². The molecule has 0 radical (unpaired) electrons. The molecule has 118 valence electrons. The largest absolute Gasteiger partial charge is 0.382 e. The molecule has 3 heteroatoms. The van der Waals surface area contributed by atoms with Crippen LogP contribution >= 0.6 is 0 Å². The first-order valence-corrected chi connectivity index (χ1v) is 8.87. The molecule has 0 amide bonds. The minimum absolute atomic E-state index is 0.688. The van der Waals surface area contributed by atoms with Crippen LogP contribution in [0.25, 0.3) is 0 Å². The van der Waals surface area contributed by atoms with Crippen LogP contribution in [-0.4, -0.2) is 49.8 Å². The van der Waals surface area contributed by atoms with E-state index in [1.807, 2.05) is 0 Å². The van der Waals surface area contributed by atoms with Crippen molar-refractivity contribution in [3.05, 3.63) is 0 Å². The van der Waals surface area contributed by atoms with Crippen LogP contribution in [0.3, 0.4) is 0 Å². The fourth-order valence-corrected chi connectivity index (χ4v) is 4.08. The van der Waals surface area contributed by atoms with Gasteiger partial charge in [0.05, 0.1) is 0 Å². The van der Waals surface area contributed by atoms with Gasteiger partial charge in [0.25, 0.3) is 0 Å². The third kappa shape index (κ3) is 4.71. The minimum Gasteiger partial charge on any atom is -0.382 e. The molecule has 1 N–H and O–H groups in total. The fraction of sp³-hybridized carbons (Fsp3) is 1.00. The van der Waals surface area contributed by atoms with E-state index in [-0.39, 0.29) is 0 Å². The average molecular weight is 282 g/mol. The number of nitrogens with one attached hydrogen (secondary N) is 1. The normalized spacial score (nSPS) is 29.1. The van der Waals surface area contributed by atoms with Crippen LogP contribution in [0.15, 0.2) is 0 Å². The summed E-state index contributed by atoms with van der Waals surface area (Å²) in [7, 11) is 0. The molecule has 1 aliphatic carbocycles. The van der Waals surface area contributed by atoms with Gasteiger partial charge >= 0.3 is 0 Å². The Labute approximate surface area is 125 Å². The van der Waals surface area contributed by atoms with Gasteiger partial charge in [0.2, 0.25) is 0 Å². The summed E-state index contributed by atoms with van der Waals surface area (Å²) in [6.45, 7) is 9.75. The molecule has 1 saturated heterocycles. The molecule has 0 bridgehead atoms. The van der Waals surface area contributed by atoms with Crippen molar-refractivity contribution in [2.24, 2.45) is 5.92 Å². The Hall–Kier alpha value is -0.120. The maximum atomic E-state index is 5.38. The SMILES string of the molecule is CCOCCCNCC(C)N1CCC[C@H]2CCCC[C@H]21. The summed E-state index contributed by atoms with van der Waals surface area (Å²) >= 11 is 0. The molecular weight excluding hydrogens is 248 g/mol.